The van der Waals surface area contributed by atoms with E-state index in [0.717, 1.165) is 21.6 Å². The minimum atomic E-state index is -1.05. The zero-order chi connectivity index (χ0) is 19.7. The van der Waals surface area contributed by atoms with E-state index in [1.165, 1.54) is 26.2 Å². The van der Waals surface area contributed by atoms with Gasteiger partial charge in [0.1, 0.15) is 12.0 Å². The van der Waals surface area contributed by atoms with E-state index in [4.69, 9.17) is 9.47 Å². The van der Waals surface area contributed by atoms with Crippen LogP contribution in [0.3, 0.4) is 0 Å². The maximum atomic E-state index is 14.3. The molecule has 0 fully saturated rings. The van der Waals surface area contributed by atoms with Crippen LogP contribution in [0.1, 0.15) is 30.5 Å². The van der Waals surface area contributed by atoms with Crippen molar-refractivity contribution in [2.45, 2.75) is 18.7 Å². The van der Waals surface area contributed by atoms with Gasteiger partial charge < -0.3 is 14.0 Å². The van der Waals surface area contributed by atoms with Gasteiger partial charge in [0.25, 0.3) is 0 Å². The molecule has 1 aliphatic carbocycles. The van der Waals surface area contributed by atoms with Crippen molar-refractivity contribution in [1.82, 2.24) is 0 Å². The normalized spacial score (nSPS) is 15.7. The molecule has 0 saturated carbocycles. The standard InChI is InChI=1S/C21H19FO4S/c1-12-16(9-14-5-7-15(8-6-14)27(4)24)17-10-19(22)20(25-3)11-18(17)21(12)26-13(2)23/h5-11H,1-4H3. The second kappa shape index (κ2) is 7.58. The number of benzene rings is 2. The molecule has 2 aromatic rings. The lowest BCUT2D eigenvalue weighted by atomic mass is 10.0. The fourth-order valence-electron chi connectivity index (χ4n) is 3.03. The van der Waals surface area contributed by atoms with Crippen LogP contribution in [0.4, 0.5) is 4.39 Å². The number of halogens is 1. The van der Waals surface area contributed by atoms with Crippen molar-refractivity contribution in [3.63, 3.8) is 0 Å². The van der Waals surface area contributed by atoms with Crippen molar-refractivity contribution in [2.75, 3.05) is 13.4 Å². The number of rotatable bonds is 4. The van der Waals surface area contributed by atoms with Crippen LogP contribution in [0.2, 0.25) is 0 Å². The average Bonchev–Trinajstić information content (AvgIpc) is 2.86. The predicted molar refractivity (Wildman–Crippen MR) is 104 cm³/mol. The smallest absolute Gasteiger partial charge is 0.308 e. The molecule has 0 heterocycles. The van der Waals surface area contributed by atoms with Crippen molar-refractivity contribution in [3.05, 3.63) is 64.5 Å². The molecule has 27 heavy (non-hydrogen) atoms. The highest BCUT2D eigenvalue weighted by Gasteiger charge is 2.28. The first-order chi connectivity index (χ1) is 12.8. The van der Waals surface area contributed by atoms with E-state index >= 15 is 0 Å². The number of ether oxygens (including phenoxy) is 2. The Balaban J connectivity index is 2.14. The Kier molecular flexibility index (Phi) is 5.39. The third kappa shape index (κ3) is 3.77. The van der Waals surface area contributed by atoms with Crippen LogP contribution in [0.25, 0.3) is 17.4 Å². The SMILES string of the molecule is COc1cc2c(cc1F)C(=Cc1ccc([S+](C)[O-])cc1)C(C)=C2OC(C)=O. The highest BCUT2D eigenvalue weighted by molar-refractivity contribution is 7.90. The van der Waals surface area contributed by atoms with E-state index in [9.17, 15) is 13.7 Å². The number of carbonyl (C=O) groups is 1. The van der Waals surface area contributed by atoms with Crippen LogP contribution in [0.15, 0.2) is 46.9 Å². The Labute approximate surface area is 160 Å². The molecule has 0 saturated heterocycles. The van der Waals surface area contributed by atoms with Crippen molar-refractivity contribution in [1.29, 1.82) is 0 Å². The third-order valence-electron chi connectivity index (χ3n) is 4.34. The topological polar surface area (TPSA) is 58.6 Å². The average molecular weight is 386 g/mol. The van der Waals surface area contributed by atoms with Crippen molar-refractivity contribution >= 4 is 34.6 Å². The van der Waals surface area contributed by atoms with Crippen LogP contribution >= 0.6 is 0 Å². The number of methoxy groups -OCH3 is 1. The number of carbonyl (C=O) groups excluding carboxylic acids is 1. The Morgan fingerprint density at radius 3 is 2.41 bits per heavy atom. The maximum Gasteiger partial charge on any atom is 0.308 e. The molecule has 0 amide bonds. The molecule has 0 aromatic heterocycles. The van der Waals surface area contributed by atoms with Gasteiger partial charge in [-0.25, -0.2) is 4.39 Å². The molecule has 0 aliphatic heterocycles. The van der Waals surface area contributed by atoms with Gasteiger partial charge in [-0.3, -0.25) is 4.79 Å². The van der Waals surface area contributed by atoms with Gasteiger partial charge in [-0.2, -0.15) is 0 Å². The van der Waals surface area contributed by atoms with Gasteiger partial charge in [0.05, 0.1) is 7.11 Å². The molecule has 0 spiro atoms. The molecule has 1 atom stereocenters. The maximum absolute atomic E-state index is 14.3. The third-order valence-corrected chi connectivity index (χ3v) is 5.28. The molecule has 0 N–H and O–H groups in total. The van der Waals surface area contributed by atoms with Gasteiger partial charge in [0.2, 0.25) is 0 Å². The summed E-state index contributed by atoms with van der Waals surface area (Å²) in [5, 5.41) is 0. The monoisotopic (exact) mass is 386 g/mol. The van der Waals surface area contributed by atoms with Crippen LogP contribution in [-0.2, 0) is 20.7 Å². The Hall–Kier alpha value is -2.57. The summed E-state index contributed by atoms with van der Waals surface area (Å²) in [6.07, 6.45) is 3.51. The predicted octanol–water partition coefficient (Wildman–Crippen LogP) is 4.42. The summed E-state index contributed by atoms with van der Waals surface area (Å²) < 4.78 is 36.3. The Bertz CT molecular complexity index is 959. The summed E-state index contributed by atoms with van der Waals surface area (Å²) in [4.78, 5) is 12.3. The minimum Gasteiger partial charge on any atom is -0.612 e. The van der Waals surface area contributed by atoms with Crippen LogP contribution in [0, 0.1) is 5.82 Å². The fourth-order valence-corrected chi connectivity index (χ4v) is 3.55. The molecule has 0 bridgehead atoms. The molecular formula is C21H19FO4S. The van der Waals surface area contributed by atoms with Gasteiger partial charge >= 0.3 is 5.97 Å². The fraction of sp³-hybridized carbons (Fsp3) is 0.190. The Morgan fingerprint density at radius 2 is 1.85 bits per heavy atom. The number of esters is 1. The number of fused-ring (bicyclic) bond motifs is 1. The number of allylic oxidation sites excluding steroid dienone is 2. The zero-order valence-corrected chi connectivity index (χ0v) is 16.3. The van der Waals surface area contributed by atoms with E-state index in [1.54, 1.807) is 18.4 Å². The molecule has 1 unspecified atom stereocenters. The number of hydrogen-bond donors (Lipinski definition) is 0. The summed E-state index contributed by atoms with van der Waals surface area (Å²) >= 11 is -1.05. The minimum absolute atomic E-state index is 0.0854. The first-order valence-corrected chi connectivity index (χ1v) is 9.80. The summed E-state index contributed by atoms with van der Waals surface area (Å²) in [6.45, 7) is 3.15. The first kappa shape index (κ1) is 19.2. The Morgan fingerprint density at radius 1 is 1.19 bits per heavy atom. The lowest BCUT2D eigenvalue weighted by molar-refractivity contribution is -0.134. The second-order valence-corrected chi connectivity index (χ2v) is 7.54. The van der Waals surface area contributed by atoms with Gasteiger partial charge in [0.15, 0.2) is 16.5 Å². The summed E-state index contributed by atoms with van der Waals surface area (Å²) in [6, 6.07) is 10.2. The molecule has 140 valence electrons. The molecule has 4 nitrogen and oxygen atoms in total. The van der Waals surface area contributed by atoms with E-state index < -0.39 is 23.0 Å². The van der Waals surface area contributed by atoms with Crippen LogP contribution < -0.4 is 4.74 Å². The molecule has 3 rings (SSSR count). The van der Waals surface area contributed by atoms with E-state index in [2.05, 4.69) is 0 Å². The number of hydrogen-bond acceptors (Lipinski definition) is 4. The zero-order valence-electron chi connectivity index (χ0n) is 15.5. The molecular weight excluding hydrogens is 367 g/mol. The molecule has 6 heteroatoms. The largest absolute Gasteiger partial charge is 0.612 e. The van der Waals surface area contributed by atoms with Gasteiger partial charge in [-0.1, -0.05) is 0 Å². The van der Waals surface area contributed by atoms with E-state index in [0.29, 0.717) is 16.9 Å². The van der Waals surface area contributed by atoms with Gasteiger partial charge in [-0.15, -0.1) is 0 Å². The van der Waals surface area contributed by atoms with Gasteiger partial charge in [-0.05, 0) is 77.3 Å². The summed E-state index contributed by atoms with van der Waals surface area (Å²) in [5.74, 6) is -0.457. The summed E-state index contributed by atoms with van der Waals surface area (Å²) in [5.41, 5.74) is 3.60. The second-order valence-electron chi connectivity index (χ2n) is 6.16. The molecule has 0 radical (unpaired) electrons. The summed E-state index contributed by atoms with van der Waals surface area (Å²) in [7, 11) is 1.39. The van der Waals surface area contributed by atoms with Crippen LogP contribution in [-0.4, -0.2) is 23.9 Å². The van der Waals surface area contributed by atoms with Crippen molar-refractivity contribution in [2.24, 2.45) is 0 Å². The van der Waals surface area contributed by atoms with Gasteiger partial charge in [0, 0.05) is 18.1 Å². The van der Waals surface area contributed by atoms with Crippen molar-refractivity contribution in [3.8, 4) is 5.75 Å². The molecule has 2 aromatic carbocycles. The highest BCUT2D eigenvalue weighted by atomic mass is 32.2. The van der Waals surface area contributed by atoms with Crippen molar-refractivity contribution < 1.29 is 23.2 Å². The lowest BCUT2D eigenvalue weighted by Gasteiger charge is -2.09. The lowest BCUT2D eigenvalue weighted by Crippen LogP contribution is -1.99. The first-order valence-electron chi connectivity index (χ1n) is 8.25. The van der Waals surface area contributed by atoms with E-state index in [1.807, 2.05) is 25.1 Å². The quantitative estimate of drug-likeness (QED) is 0.577. The van der Waals surface area contributed by atoms with E-state index in [-0.39, 0.29) is 5.75 Å². The molecule has 1 aliphatic rings. The highest BCUT2D eigenvalue weighted by Crippen LogP contribution is 2.44. The van der Waals surface area contributed by atoms with Crippen LogP contribution in [0.5, 0.6) is 5.75 Å².